The third-order valence-corrected chi connectivity index (χ3v) is 5.27. The summed E-state index contributed by atoms with van der Waals surface area (Å²) in [4.78, 5) is 27.9. The summed E-state index contributed by atoms with van der Waals surface area (Å²) in [7, 11) is 0. The molecule has 0 fully saturated rings. The maximum Gasteiger partial charge on any atom is 0.260 e. The predicted molar refractivity (Wildman–Crippen MR) is 133 cm³/mol. The summed E-state index contributed by atoms with van der Waals surface area (Å²) in [5, 5.41) is 12.5. The lowest BCUT2D eigenvalue weighted by Gasteiger charge is -2.23. The van der Waals surface area contributed by atoms with E-state index >= 15 is 0 Å². The Balaban J connectivity index is 1.66. The van der Waals surface area contributed by atoms with Crippen molar-refractivity contribution in [3.05, 3.63) is 102 Å². The lowest BCUT2D eigenvalue weighted by atomic mass is 10.1. The molecule has 0 saturated heterocycles. The molecular formula is C26H23N5O2. The number of benzene rings is 4. The first-order valence-corrected chi connectivity index (χ1v) is 10.3. The molecule has 0 aliphatic rings. The highest BCUT2D eigenvalue weighted by molar-refractivity contribution is 6.14. The van der Waals surface area contributed by atoms with Gasteiger partial charge in [0.25, 0.3) is 5.91 Å². The van der Waals surface area contributed by atoms with E-state index in [1.165, 1.54) is 17.0 Å². The van der Waals surface area contributed by atoms with Crippen molar-refractivity contribution in [2.45, 2.75) is 0 Å². The van der Waals surface area contributed by atoms with E-state index in [1.807, 2.05) is 48.5 Å². The van der Waals surface area contributed by atoms with Gasteiger partial charge in [-0.1, -0.05) is 54.6 Å². The molecule has 0 atom stereocenters. The number of carbonyl (C=O) groups is 2. The van der Waals surface area contributed by atoms with E-state index < -0.39 is 5.91 Å². The zero-order chi connectivity index (χ0) is 23.4. The molecule has 0 radical (unpaired) electrons. The van der Waals surface area contributed by atoms with Crippen molar-refractivity contribution in [2.75, 3.05) is 22.5 Å². The van der Waals surface area contributed by atoms with E-state index in [9.17, 15) is 9.59 Å². The Morgan fingerprint density at radius 2 is 1.58 bits per heavy atom. The first kappa shape index (κ1) is 21.6. The monoisotopic (exact) mass is 437 g/mol. The van der Waals surface area contributed by atoms with E-state index in [2.05, 4.69) is 5.32 Å². The molecule has 0 aliphatic heterocycles. The summed E-state index contributed by atoms with van der Waals surface area (Å²) < 4.78 is 0. The minimum absolute atomic E-state index is 0.171. The van der Waals surface area contributed by atoms with Gasteiger partial charge in [0.15, 0.2) is 0 Å². The van der Waals surface area contributed by atoms with Crippen LogP contribution in [0.3, 0.4) is 0 Å². The Kier molecular flexibility index (Phi) is 6.04. The van der Waals surface area contributed by atoms with Gasteiger partial charge in [-0.05, 0) is 41.8 Å². The number of hydrogen-bond acceptors (Lipinski definition) is 4. The highest BCUT2D eigenvalue weighted by atomic mass is 16.2. The second kappa shape index (κ2) is 9.23. The number of carbonyl (C=O) groups excluding carboxylic acids is 2. The maximum atomic E-state index is 13.5. The number of rotatable bonds is 6. The topological polar surface area (TPSA) is 125 Å². The Labute approximate surface area is 191 Å². The zero-order valence-electron chi connectivity index (χ0n) is 17.8. The van der Waals surface area contributed by atoms with Crippen LogP contribution in [0.5, 0.6) is 0 Å². The summed E-state index contributed by atoms with van der Waals surface area (Å²) in [6, 6.07) is 26.9. The number of nitrogens with zero attached hydrogens (tertiary/aromatic N) is 1. The molecule has 0 spiro atoms. The molecule has 0 bridgehead atoms. The average molecular weight is 438 g/mol. The van der Waals surface area contributed by atoms with Crippen molar-refractivity contribution in [1.29, 1.82) is 5.41 Å². The van der Waals surface area contributed by atoms with Crippen molar-refractivity contribution in [2.24, 2.45) is 5.73 Å². The fourth-order valence-electron chi connectivity index (χ4n) is 3.61. The maximum absolute atomic E-state index is 13.5. The fraction of sp³-hybridized carbons (Fsp3) is 0.0385. The molecule has 7 heteroatoms. The van der Waals surface area contributed by atoms with Gasteiger partial charge in [0, 0.05) is 28.0 Å². The van der Waals surface area contributed by atoms with Crippen LogP contribution in [0.25, 0.3) is 10.8 Å². The SMILES string of the molecule is N=C(N)c1ccc(N)c(C(=O)N(CC(=O)Nc2cccc3ccccc23)c2ccccc2)c1. The van der Waals surface area contributed by atoms with Gasteiger partial charge in [0.05, 0.1) is 5.56 Å². The molecule has 4 rings (SSSR count). The standard InChI is InChI=1S/C26H23N5O2/c27-22-14-13-18(25(28)29)15-21(22)26(33)31(19-9-2-1-3-10-19)16-24(32)30-23-12-6-8-17-7-4-5-11-20(17)23/h1-15H,16,27H2,(H3,28,29)(H,30,32). The lowest BCUT2D eigenvalue weighted by Crippen LogP contribution is -2.38. The molecule has 0 aromatic heterocycles. The quantitative estimate of drug-likeness (QED) is 0.207. The van der Waals surface area contributed by atoms with Gasteiger partial charge in [0.2, 0.25) is 5.91 Å². The van der Waals surface area contributed by atoms with Crippen molar-refractivity contribution < 1.29 is 9.59 Å². The number of fused-ring (bicyclic) bond motifs is 1. The van der Waals surface area contributed by atoms with Gasteiger partial charge in [0.1, 0.15) is 12.4 Å². The molecule has 2 amide bonds. The Bertz CT molecular complexity index is 1350. The average Bonchev–Trinajstić information content (AvgIpc) is 2.83. The van der Waals surface area contributed by atoms with Crippen molar-refractivity contribution in [3.8, 4) is 0 Å². The van der Waals surface area contributed by atoms with E-state index in [4.69, 9.17) is 16.9 Å². The van der Waals surface area contributed by atoms with Crippen molar-refractivity contribution in [1.82, 2.24) is 0 Å². The van der Waals surface area contributed by atoms with E-state index in [0.29, 0.717) is 16.9 Å². The van der Waals surface area contributed by atoms with Crippen LogP contribution >= 0.6 is 0 Å². The number of nitrogens with one attached hydrogen (secondary N) is 2. The first-order chi connectivity index (χ1) is 15.9. The van der Waals surface area contributed by atoms with Crippen LogP contribution < -0.4 is 21.7 Å². The van der Waals surface area contributed by atoms with Gasteiger partial charge < -0.3 is 16.8 Å². The van der Waals surface area contributed by atoms with Crippen LogP contribution in [0.1, 0.15) is 15.9 Å². The summed E-state index contributed by atoms with van der Waals surface area (Å²) >= 11 is 0. The summed E-state index contributed by atoms with van der Waals surface area (Å²) in [5.74, 6) is -0.997. The number of hydrogen-bond donors (Lipinski definition) is 4. The van der Waals surface area contributed by atoms with Crippen LogP contribution in [-0.4, -0.2) is 24.2 Å². The lowest BCUT2D eigenvalue weighted by molar-refractivity contribution is -0.114. The van der Waals surface area contributed by atoms with Gasteiger partial charge in [-0.25, -0.2) is 0 Å². The van der Waals surface area contributed by atoms with E-state index in [-0.39, 0.29) is 29.5 Å². The minimum Gasteiger partial charge on any atom is -0.398 e. The van der Waals surface area contributed by atoms with Gasteiger partial charge in [-0.15, -0.1) is 0 Å². The molecule has 0 heterocycles. The number of anilines is 3. The summed E-state index contributed by atoms with van der Waals surface area (Å²) in [5.41, 5.74) is 13.6. The molecule has 4 aromatic carbocycles. The highest BCUT2D eigenvalue weighted by Crippen LogP contribution is 2.24. The van der Waals surface area contributed by atoms with Crippen LogP contribution in [0, 0.1) is 5.41 Å². The number of para-hydroxylation sites is 1. The molecule has 7 nitrogen and oxygen atoms in total. The number of amidine groups is 1. The Morgan fingerprint density at radius 3 is 2.33 bits per heavy atom. The third-order valence-electron chi connectivity index (χ3n) is 5.27. The molecule has 0 unspecified atom stereocenters. The normalized spacial score (nSPS) is 10.5. The smallest absolute Gasteiger partial charge is 0.260 e. The van der Waals surface area contributed by atoms with E-state index in [0.717, 1.165) is 10.8 Å². The minimum atomic E-state index is -0.463. The van der Waals surface area contributed by atoms with Gasteiger partial charge in [-0.2, -0.15) is 0 Å². The molecule has 4 aromatic rings. The van der Waals surface area contributed by atoms with Crippen LogP contribution in [0.4, 0.5) is 17.1 Å². The predicted octanol–water partition coefficient (Wildman–Crippen LogP) is 3.99. The fourth-order valence-corrected chi connectivity index (χ4v) is 3.61. The van der Waals surface area contributed by atoms with Gasteiger partial charge >= 0.3 is 0 Å². The third kappa shape index (κ3) is 4.67. The molecule has 0 aliphatic carbocycles. The summed E-state index contributed by atoms with van der Waals surface area (Å²) in [6.07, 6.45) is 0. The molecule has 164 valence electrons. The Morgan fingerprint density at radius 1 is 0.879 bits per heavy atom. The molecular weight excluding hydrogens is 414 g/mol. The van der Waals surface area contributed by atoms with E-state index in [1.54, 1.807) is 30.3 Å². The van der Waals surface area contributed by atoms with Crippen molar-refractivity contribution in [3.63, 3.8) is 0 Å². The number of amides is 2. The Hall–Kier alpha value is -4.65. The first-order valence-electron chi connectivity index (χ1n) is 10.3. The zero-order valence-corrected chi connectivity index (χ0v) is 17.8. The number of nitrogen functional groups attached to an aromatic ring is 2. The van der Waals surface area contributed by atoms with Crippen LogP contribution in [0.15, 0.2) is 91.0 Å². The largest absolute Gasteiger partial charge is 0.398 e. The highest BCUT2D eigenvalue weighted by Gasteiger charge is 2.23. The summed E-state index contributed by atoms with van der Waals surface area (Å²) in [6.45, 7) is -0.226. The molecule has 33 heavy (non-hydrogen) atoms. The second-order valence-electron chi connectivity index (χ2n) is 7.52. The van der Waals surface area contributed by atoms with Crippen LogP contribution in [0.2, 0.25) is 0 Å². The van der Waals surface area contributed by atoms with Crippen molar-refractivity contribution >= 4 is 45.5 Å². The van der Waals surface area contributed by atoms with Crippen LogP contribution in [-0.2, 0) is 4.79 Å². The molecule has 6 N–H and O–H groups in total. The number of nitrogens with two attached hydrogens (primary N) is 2. The second-order valence-corrected chi connectivity index (χ2v) is 7.52. The van der Waals surface area contributed by atoms with Gasteiger partial charge in [-0.3, -0.25) is 19.9 Å². The molecule has 0 saturated carbocycles.